The van der Waals surface area contributed by atoms with Gasteiger partial charge in [0.25, 0.3) is 5.91 Å². The molecule has 0 bridgehead atoms. The first-order chi connectivity index (χ1) is 19.0. The molecule has 224 valence electrons. The number of hydrogen-bond donors (Lipinski definition) is 4. The summed E-state index contributed by atoms with van der Waals surface area (Å²) in [5.74, 6) is -1.53. The lowest BCUT2D eigenvalue weighted by Gasteiger charge is -2.41. The van der Waals surface area contributed by atoms with Crippen molar-refractivity contribution in [2.75, 3.05) is 11.9 Å². The molecule has 4 N–H and O–H groups in total. The average molecular weight is 643 g/mol. The Morgan fingerprint density at radius 3 is 2.17 bits per heavy atom. The zero-order chi connectivity index (χ0) is 30.5. The molecule has 2 aromatic rings. The summed E-state index contributed by atoms with van der Waals surface area (Å²) in [6.07, 6.45) is -2.99. The number of carboxylic acids is 1. The van der Waals surface area contributed by atoms with Crippen molar-refractivity contribution in [1.29, 1.82) is 0 Å². The van der Waals surface area contributed by atoms with E-state index in [0.717, 1.165) is 37.8 Å². The van der Waals surface area contributed by atoms with Crippen LogP contribution in [0.25, 0.3) is 0 Å². The van der Waals surface area contributed by atoms with Crippen LogP contribution in [0.1, 0.15) is 67.9 Å². The maximum atomic E-state index is 13.5. The first-order valence-electron chi connectivity index (χ1n) is 13.3. The summed E-state index contributed by atoms with van der Waals surface area (Å²) in [6, 6.07) is 8.95. The van der Waals surface area contributed by atoms with Crippen LogP contribution in [-0.2, 0) is 17.5 Å². The number of aliphatic hydroxyl groups is 1. The lowest BCUT2D eigenvalue weighted by molar-refractivity contribution is -0.146. The van der Waals surface area contributed by atoms with Gasteiger partial charge >= 0.3 is 18.2 Å². The molecule has 1 atom stereocenters. The summed E-state index contributed by atoms with van der Waals surface area (Å²) < 4.78 is 40.3. The Morgan fingerprint density at radius 1 is 1.02 bits per heavy atom. The van der Waals surface area contributed by atoms with Crippen LogP contribution in [0, 0.1) is 11.3 Å². The van der Waals surface area contributed by atoms with Gasteiger partial charge in [-0.1, -0.05) is 48.8 Å². The standard InChI is InChI=1S/C29H35BrF3N3O5/c1-28(2,3)19-8-10-23(11-9-19)36(27(41)35-22-13-20(29(31,32)33)12-21(30)14-22)16-17-4-6-18(7-5-17)25(38)34-15-24(37)26(39)40/h4-7,12-14,19,23-24,37H,8-11,15-16H2,1-3H3,(H,34,38)(H,35,41)(H,39,40)/t19?,23?,24-/m1/s1. The van der Waals surface area contributed by atoms with Crippen molar-refractivity contribution in [2.45, 2.75) is 71.3 Å². The van der Waals surface area contributed by atoms with E-state index in [0.29, 0.717) is 11.5 Å². The second-order valence-electron chi connectivity index (χ2n) is 11.4. The largest absolute Gasteiger partial charge is 0.479 e. The minimum Gasteiger partial charge on any atom is -0.479 e. The summed E-state index contributed by atoms with van der Waals surface area (Å²) >= 11 is 3.09. The molecule has 3 amide bonds. The number of hydrogen-bond acceptors (Lipinski definition) is 4. The number of nitrogens with one attached hydrogen (secondary N) is 2. The van der Waals surface area contributed by atoms with Crippen LogP contribution in [0.4, 0.5) is 23.7 Å². The van der Waals surface area contributed by atoms with Gasteiger partial charge in [-0.2, -0.15) is 13.2 Å². The van der Waals surface area contributed by atoms with Gasteiger partial charge in [-0.3, -0.25) is 4.79 Å². The van der Waals surface area contributed by atoms with Crippen molar-refractivity contribution in [3.05, 3.63) is 63.6 Å². The van der Waals surface area contributed by atoms with Crippen molar-refractivity contribution < 1.29 is 37.8 Å². The molecule has 8 nitrogen and oxygen atoms in total. The molecule has 0 heterocycles. The number of aliphatic carboxylic acids is 1. The zero-order valence-corrected chi connectivity index (χ0v) is 24.7. The first kappa shape index (κ1) is 32.4. The van der Waals surface area contributed by atoms with Gasteiger partial charge in [-0.25, -0.2) is 9.59 Å². The predicted octanol–water partition coefficient (Wildman–Crippen LogP) is 6.28. The first-order valence-corrected chi connectivity index (χ1v) is 14.1. The lowest BCUT2D eigenvalue weighted by Crippen LogP contribution is -2.45. The molecule has 0 saturated heterocycles. The van der Waals surface area contributed by atoms with Crippen molar-refractivity contribution in [3.63, 3.8) is 0 Å². The summed E-state index contributed by atoms with van der Waals surface area (Å²) in [5.41, 5.74) is 0.191. The molecule has 1 fully saturated rings. The van der Waals surface area contributed by atoms with Crippen molar-refractivity contribution in [1.82, 2.24) is 10.2 Å². The smallest absolute Gasteiger partial charge is 0.416 e. The Hall–Kier alpha value is -3.12. The summed E-state index contributed by atoms with van der Waals surface area (Å²) in [7, 11) is 0. The second-order valence-corrected chi connectivity index (χ2v) is 12.3. The number of urea groups is 1. The fraction of sp³-hybridized carbons (Fsp3) is 0.483. The van der Waals surface area contributed by atoms with Crippen LogP contribution in [0.2, 0.25) is 0 Å². The van der Waals surface area contributed by atoms with E-state index in [1.165, 1.54) is 18.2 Å². The number of nitrogens with zero attached hydrogens (tertiary/aromatic N) is 1. The summed E-state index contributed by atoms with van der Waals surface area (Å²) in [4.78, 5) is 38.2. The zero-order valence-electron chi connectivity index (χ0n) is 23.1. The second kappa shape index (κ2) is 13.2. The van der Waals surface area contributed by atoms with Gasteiger partial charge in [0.2, 0.25) is 0 Å². The van der Waals surface area contributed by atoms with Crippen LogP contribution in [0.15, 0.2) is 46.9 Å². The lowest BCUT2D eigenvalue weighted by atomic mass is 9.71. The van der Waals surface area contributed by atoms with Crippen LogP contribution in [0.5, 0.6) is 0 Å². The van der Waals surface area contributed by atoms with Gasteiger partial charge in [0, 0.05) is 28.3 Å². The number of carbonyl (C=O) groups is 3. The molecule has 0 unspecified atom stereocenters. The van der Waals surface area contributed by atoms with Crippen molar-refractivity contribution in [2.24, 2.45) is 11.3 Å². The maximum Gasteiger partial charge on any atom is 0.416 e. The molecule has 2 aromatic carbocycles. The quantitative estimate of drug-likeness (QED) is 0.270. The Balaban J connectivity index is 1.79. The molecule has 0 aromatic heterocycles. The number of benzene rings is 2. The van der Waals surface area contributed by atoms with E-state index in [1.54, 1.807) is 17.0 Å². The molecule has 1 aliphatic rings. The van der Waals surface area contributed by atoms with Crippen molar-refractivity contribution in [3.8, 4) is 0 Å². The molecule has 41 heavy (non-hydrogen) atoms. The van der Waals surface area contributed by atoms with E-state index in [4.69, 9.17) is 5.11 Å². The molecule has 0 aliphatic heterocycles. The van der Waals surface area contributed by atoms with E-state index >= 15 is 0 Å². The monoisotopic (exact) mass is 641 g/mol. The van der Waals surface area contributed by atoms with Crippen LogP contribution in [-0.4, -0.2) is 51.7 Å². The minimum absolute atomic E-state index is 0.0145. The molecule has 3 rings (SSSR count). The number of rotatable bonds is 8. The third-order valence-corrected chi connectivity index (χ3v) is 7.87. The topological polar surface area (TPSA) is 119 Å². The average Bonchev–Trinajstić information content (AvgIpc) is 2.89. The minimum atomic E-state index is -4.58. The van der Waals surface area contributed by atoms with Crippen molar-refractivity contribution >= 4 is 39.5 Å². The Morgan fingerprint density at radius 2 is 1.63 bits per heavy atom. The van der Waals surface area contributed by atoms with Gasteiger partial charge in [0.1, 0.15) is 0 Å². The van der Waals surface area contributed by atoms with E-state index in [9.17, 15) is 32.7 Å². The predicted molar refractivity (Wildman–Crippen MR) is 151 cm³/mol. The van der Waals surface area contributed by atoms with Gasteiger partial charge in [-0.05, 0) is 72.9 Å². The molecule has 1 aliphatic carbocycles. The fourth-order valence-corrected chi connectivity index (χ4v) is 5.47. The number of alkyl halides is 3. The number of halogens is 4. The van der Waals surface area contributed by atoms with E-state index in [2.05, 4.69) is 47.3 Å². The number of carboxylic acid groups (broad SMARTS) is 1. The number of carbonyl (C=O) groups excluding carboxylic acids is 2. The normalized spacial score (nSPS) is 18.3. The Bertz CT molecular complexity index is 1240. The van der Waals surface area contributed by atoms with Gasteiger partial charge < -0.3 is 25.7 Å². The van der Waals surface area contributed by atoms with Crippen LogP contribution in [0.3, 0.4) is 0 Å². The highest BCUT2D eigenvalue weighted by molar-refractivity contribution is 9.10. The highest BCUT2D eigenvalue weighted by Gasteiger charge is 2.35. The molecule has 0 spiro atoms. The molecular formula is C29H35BrF3N3O5. The molecular weight excluding hydrogens is 607 g/mol. The van der Waals surface area contributed by atoms with E-state index in [1.807, 2.05) is 0 Å². The van der Waals surface area contributed by atoms with Gasteiger partial charge in [0.15, 0.2) is 6.10 Å². The highest BCUT2D eigenvalue weighted by atomic mass is 79.9. The highest BCUT2D eigenvalue weighted by Crippen LogP contribution is 2.39. The van der Waals surface area contributed by atoms with E-state index < -0.39 is 42.3 Å². The summed E-state index contributed by atoms with van der Waals surface area (Å²) in [6.45, 7) is 6.28. The number of aliphatic hydroxyl groups excluding tert-OH is 1. The van der Waals surface area contributed by atoms with Crippen LogP contribution < -0.4 is 10.6 Å². The maximum absolute atomic E-state index is 13.5. The molecule has 0 radical (unpaired) electrons. The fourth-order valence-electron chi connectivity index (χ4n) is 4.98. The third kappa shape index (κ3) is 9.19. The Labute approximate surface area is 245 Å². The Kier molecular flexibility index (Phi) is 10.5. The molecule has 1 saturated carbocycles. The number of amides is 3. The SMILES string of the molecule is CC(C)(C)C1CCC(N(Cc2ccc(C(=O)NC[C@@H](O)C(=O)O)cc2)C(=O)Nc2cc(Br)cc(C(F)(F)F)c2)CC1. The van der Waals surface area contributed by atoms with Crippen LogP contribution >= 0.6 is 15.9 Å². The van der Waals surface area contributed by atoms with Gasteiger partial charge in [0.05, 0.1) is 12.1 Å². The third-order valence-electron chi connectivity index (χ3n) is 7.41. The van der Waals surface area contributed by atoms with Gasteiger partial charge in [-0.15, -0.1) is 0 Å². The molecule has 12 heteroatoms. The van der Waals surface area contributed by atoms with E-state index in [-0.39, 0.29) is 33.7 Å². The summed E-state index contributed by atoms with van der Waals surface area (Å²) in [5, 5.41) is 23.1. The number of anilines is 1.